The quantitative estimate of drug-likeness (QED) is 0.834. The summed E-state index contributed by atoms with van der Waals surface area (Å²) >= 11 is 0. The number of aliphatic hydroxyl groups is 1. The van der Waals surface area contributed by atoms with Crippen molar-refractivity contribution in [3.05, 3.63) is 29.6 Å². The second-order valence-electron chi connectivity index (χ2n) is 5.86. The van der Waals surface area contributed by atoms with Crippen LogP contribution < -0.4 is 5.32 Å². The molecule has 0 spiro atoms. The van der Waals surface area contributed by atoms with Gasteiger partial charge in [-0.15, -0.1) is 0 Å². The number of nitrogens with zero attached hydrogens (tertiary/aromatic N) is 1. The SMILES string of the molecule is OC1(c2cc(C(F)(F)F)ccn2)CC2CCCC(C1)N2. The van der Waals surface area contributed by atoms with Crippen LogP contribution in [0.3, 0.4) is 0 Å². The van der Waals surface area contributed by atoms with Gasteiger partial charge in [-0.1, -0.05) is 6.42 Å². The van der Waals surface area contributed by atoms with Crippen molar-refractivity contribution in [2.45, 2.75) is 56.0 Å². The van der Waals surface area contributed by atoms with Gasteiger partial charge in [0.25, 0.3) is 0 Å². The van der Waals surface area contributed by atoms with E-state index in [9.17, 15) is 18.3 Å². The zero-order chi connectivity index (χ0) is 14.4. The molecule has 1 aromatic rings. The predicted octanol–water partition coefficient (Wildman–Crippen LogP) is 2.59. The van der Waals surface area contributed by atoms with E-state index >= 15 is 0 Å². The second kappa shape index (κ2) is 4.70. The van der Waals surface area contributed by atoms with Crippen molar-refractivity contribution in [2.24, 2.45) is 0 Å². The van der Waals surface area contributed by atoms with Crippen LogP contribution in [0, 0.1) is 0 Å². The summed E-state index contributed by atoms with van der Waals surface area (Å²) in [5, 5.41) is 14.2. The van der Waals surface area contributed by atoms with E-state index in [0.29, 0.717) is 12.8 Å². The van der Waals surface area contributed by atoms with Crippen molar-refractivity contribution < 1.29 is 18.3 Å². The number of rotatable bonds is 1. The second-order valence-corrected chi connectivity index (χ2v) is 5.86. The van der Waals surface area contributed by atoms with Crippen molar-refractivity contribution in [1.82, 2.24) is 10.3 Å². The zero-order valence-corrected chi connectivity index (χ0v) is 11.0. The number of hydrogen-bond acceptors (Lipinski definition) is 3. The summed E-state index contributed by atoms with van der Waals surface area (Å²) in [7, 11) is 0. The van der Waals surface area contributed by atoms with Gasteiger partial charge in [0.2, 0.25) is 0 Å². The van der Waals surface area contributed by atoms with Crippen LogP contribution in [-0.4, -0.2) is 22.2 Å². The van der Waals surface area contributed by atoms with E-state index in [-0.39, 0.29) is 17.8 Å². The molecule has 0 radical (unpaired) electrons. The molecule has 0 aliphatic carbocycles. The third-order valence-corrected chi connectivity index (χ3v) is 4.31. The molecule has 1 aromatic heterocycles. The lowest BCUT2D eigenvalue weighted by Crippen LogP contribution is -2.54. The van der Waals surface area contributed by atoms with Crippen LogP contribution in [0.4, 0.5) is 13.2 Å². The fraction of sp³-hybridized carbons (Fsp3) is 0.643. The highest BCUT2D eigenvalue weighted by Gasteiger charge is 2.43. The van der Waals surface area contributed by atoms with Crippen LogP contribution >= 0.6 is 0 Å². The number of alkyl halides is 3. The van der Waals surface area contributed by atoms with Gasteiger partial charge >= 0.3 is 6.18 Å². The molecule has 3 nitrogen and oxygen atoms in total. The van der Waals surface area contributed by atoms with Crippen LogP contribution in [-0.2, 0) is 11.8 Å². The van der Waals surface area contributed by atoms with Gasteiger partial charge in [-0.25, -0.2) is 0 Å². The summed E-state index contributed by atoms with van der Waals surface area (Å²) in [6.45, 7) is 0. The fourth-order valence-corrected chi connectivity index (χ4v) is 3.40. The van der Waals surface area contributed by atoms with Crippen LogP contribution in [0.25, 0.3) is 0 Å². The molecule has 0 amide bonds. The minimum Gasteiger partial charge on any atom is -0.383 e. The van der Waals surface area contributed by atoms with Crippen molar-refractivity contribution in [1.29, 1.82) is 0 Å². The molecular weight excluding hydrogens is 269 g/mol. The van der Waals surface area contributed by atoms with Gasteiger partial charge < -0.3 is 10.4 Å². The molecule has 0 aromatic carbocycles. The first-order valence-corrected chi connectivity index (χ1v) is 6.89. The zero-order valence-electron chi connectivity index (χ0n) is 11.0. The lowest BCUT2D eigenvalue weighted by Gasteiger charge is -2.45. The van der Waals surface area contributed by atoms with Crippen LogP contribution in [0.15, 0.2) is 18.3 Å². The smallest absolute Gasteiger partial charge is 0.383 e. The molecule has 2 saturated heterocycles. The van der Waals surface area contributed by atoms with E-state index in [4.69, 9.17) is 0 Å². The Kier molecular flexibility index (Phi) is 3.25. The maximum absolute atomic E-state index is 12.8. The molecule has 3 heterocycles. The van der Waals surface area contributed by atoms with Crippen LogP contribution in [0.5, 0.6) is 0 Å². The average Bonchev–Trinajstić information content (AvgIpc) is 2.37. The number of halogens is 3. The van der Waals surface area contributed by atoms with E-state index in [1.807, 2.05) is 0 Å². The Bertz CT molecular complexity index is 491. The van der Waals surface area contributed by atoms with Crippen molar-refractivity contribution in [2.75, 3.05) is 0 Å². The standard InChI is InChI=1S/C14H17F3N2O/c15-14(16,17)9-4-5-18-12(6-9)13(20)7-10-2-1-3-11(8-13)19-10/h4-6,10-11,19-20H,1-3,7-8H2. The van der Waals surface area contributed by atoms with Gasteiger partial charge in [0.1, 0.15) is 5.60 Å². The lowest BCUT2D eigenvalue weighted by molar-refractivity contribution is -0.138. The summed E-state index contributed by atoms with van der Waals surface area (Å²) < 4.78 is 38.3. The monoisotopic (exact) mass is 286 g/mol. The highest BCUT2D eigenvalue weighted by atomic mass is 19.4. The highest BCUT2D eigenvalue weighted by molar-refractivity contribution is 5.25. The molecular formula is C14H17F3N2O. The van der Waals surface area contributed by atoms with Crippen molar-refractivity contribution in [3.8, 4) is 0 Å². The van der Waals surface area contributed by atoms with Crippen molar-refractivity contribution in [3.63, 3.8) is 0 Å². The number of pyridine rings is 1. The topological polar surface area (TPSA) is 45.2 Å². The molecule has 110 valence electrons. The summed E-state index contributed by atoms with van der Waals surface area (Å²) in [6, 6.07) is 2.27. The van der Waals surface area contributed by atoms with Gasteiger partial charge in [-0.3, -0.25) is 4.98 Å². The Morgan fingerprint density at radius 3 is 2.50 bits per heavy atom. The van der Waals surface area contributed by atoms with Gasteiger partial charge in [-0.2, -0.15) is 13.2 Å². The van der Waals surface area contributed by atoms with E-state index < -0.39 is 17.3 Å². The molecule has 0 saturated carbocycles. The molecule has 2 bridgehead atoms. The first kappa shape index (κ1) is 13.8. The third kappa shape index (κ3) is 2.54. The molecule has 2 aliphatic heterocycles. The maximum atomic E-state index is 12.8. The normalized spacial score (nSPS) is 34.0. The first-order valence-electron chi connectivity index (χ1n) is 6.89. The minimum absolute atomic E-state index is 0.144. The fourth-order valence-electron chi connectivity index (χ4n) is 3.40. The number of piperidine rings is 2. The summed E-state index contributed by atoms with van der Waals surface area (Å²) in [5.41, 5.74) is -1.85. The van der Waals surface area contributed by atoms with Gasteiger partial charge in [0.15, 0.2) is 0 Å². The molecule has 2 N–H and O–H groups in total. The van der Waals surface area contributed by atoms with E-state index in [0.717, 1.165) is 37.6 Å². The highest BCUT2D eigenvalue weighted by Crippen LogP contribution is 2.40. The van der Waals surface area contributed by atoms with Crippen LogP contribution in [0.2, 0.25) is 0 Å². The Morgan fingerprint density at radius 1 is 1.25 bits per heavy atom. The van der Waals surface area contributed by atoms with Crippen molar-refractivity contribution >= 4 is 0 Å². The Balaban J connectivity index is 1.91. The number of aromatic nitrogens is 1. The lowest BCUT2D eigenvalue weighted by atomic mass is 9.75. The molecule has 3 rings (SSSR count). The average molecular weight is 286 g/mol. The molecule has 2 atom stereocenters. The van der Waals surface area contributed by atoms with Gasteiger partial charge in [0.05, 0.1) is 11.3 Å². The molecule has 20 heavy (non-hydrogen) atoms. The van der Waals surface area contributed by atoms with E-state index in [2.05, 4.69) is 10.3 Å². The van der Waals surface area contributed by atoms with E-state index in [1.54, 1.807) is 0 Å². The Hall–Kier alpha value is -1.14. The number of fused-ring (bicyclic) bond motifs is 2. The molecule has 6 heteroatoms. The largest absolute Gasteiger partial charge is 0.416 e. The van der Waals surface area contributed by atoms with Crippen LogP contribution in [0.1, 0.15) is 43.4 Å². The van der Waals surface area contributed by atoms with Gasteiger partial charge in [0, 0.05) is 18.3 Å². The Labute approximate surface area is 115 Å². The minimum atomic E-state index is -4.41. The molecule has 2 aliphatic rings. The number of hydrogen-bond donors (Lipinski definition) is 2. The maximum Gasteiger partial charge on any atom is 0.416 e. The van der Waals surface area contributed by atoms with Gasteiger partial charge in [-0.05, 0) is 37.8 Å². The van der Waals surface area contributed by atoms with E-state index in [1.165, 1.54) is 0 Å². The summed E-state index contributed by atoms with van der Waals surface area (Å²) in [4.78, 5) is 4.00. The third-order valence-electron chi connectivity index (χ3n) is 4.31. The summed E-state index contributed by atoms with van der Waals surface area (Å²) in [5.74, 6) is 0. The molecule has 2 unspecified atom stereocenters. The number of nitrogens with one attached hydrogen (secondary N) is 1. The Morgan fingerprint density at radius 2 is 1.90 bits per heavy atom. The first-order chi connectivity index (χ1) is 9.37. The summed E-state index contributed by atoms with van der Waals surface area (Å²) in [6.07, 6.45) is 0.602. The predicted molar refractivity (Wildman–Crippen MR) is 66.9 cm³/mol. The molecule has 2 fully saturated rings.